The van der Waals surface area contributed by atoms with E-state index in [0.29, 0.717) is 16.7 Å². The number of benzene rings is 1. The summed E-state index contributed by atoms with van der Waals surface area (Å²) < 4.78 is 31.3. The van der Waals surface area contributed by atoms with E-state index in [1.165, 1.54) is 4.68 Å². The first-order chi connectivity index (χ1) is 9.79. The topological polar surface area (TPSA) is 73.3 Å². The van der Waals surface area contributed by atoms with Gasteiger partial charge >= 0.3 is 0 Å². The van der Waals surface area contributed by atoms with E-state index in [4.69, 9.17) is 10.0 Å². The van der Waals surface area contributed by atoms with Gasteiger partial charge in [-0.05, 0) is 38.0 Å². The number of nitrogen functional groups attached to an aromatic ring is 1. The van der Waals surface area contributed by atoms with Gasteiger partial charge in [0.05, 0.1) is 11.5 Å². The van der Waals surface area contributed by atoms with Gasteiger partial charge in [-0.1, -0.05) is 22.4 Å². The van der Waals surface area contributed by atoms with E-state index in [1.807, 2.05) is 19.1 Å². The zero-order valence-electron chi connectivity index (χ0n) is 12.3. The molecule has 2 rings (SSSR count). The van der Waals surface area contributed by atoms with E-state index in [2.05, 4.69) is 0 Å². The molecule has 6 heteroatoms. The predicted octanol–water partition coefficient (Wildman–Crippen LogP) is 1.52. The van der Waals surface area contributed by atoms with Crippen LogP contribution in [0.15, 0.2) is 41.6 Å². The highest BCUT2D eigenvalue weighted by Gasteiger charge is 2.21. The number of aromatic nitrogens is 1. The molecule has 0 saturated carbocycles. The molecule has 21 heavy (non-hydrogen) atoms. The Morgan fingerprint density at radius 2 is 1.81 bits per heavy atom. The van der Waals surface area contributed by atoms with Crippen molar-refractivity contribution in [3.05, 3.63) is 58.9 Å². The maximum atomic E-state index is 12.4. The third kappa shape index (κ3) is 3.59. The summed E-state index contributed by atoms with van der Waals surface area (Å²) in [6.07, 6.45) is 3.27. The maximum absolute atomic E-state index is 12.4. The number of hydrogen-bond acceptors (Lipinski definition) is 4. The van der Waals surface area contributed by atoms with E-state index in [0.717, 1.165) is 5.56 Å². The van der Waals surface area contributed by atoms with Gasteiger partial charge in [0.1, 0.15) is 0 Å². The highest BCUT2D eigenvalue weighted by atomic mass is 32.2. The number of nitrogens with zero attached hydrogens (tertiary/aromatic N) is 1. The molecule has 0 amide bonds. The van der Waals surface area contributed by atoms with Gasteiger partial charge in [0.15, 0.2) is 6.20 Å². The molecule has 0 saturated heterocycles. The summed E-state index contributed by atoms with van der Waals surface area (Å²) in [4.78, 5) is 0.240. The van der Waals surface area contributed by atoms with E-state index < -0.39 is 10.1 Å². The quantitative estimate of drug-likeness (QED) is 0.528. The van der Waals surface area contributed by atoms with Crippen LogP contribution < -0.4 is 10.5 Å². The molecule has 1 aromatic heterocycles. The van der Waals surface area contributed by atoms with Gasteiger partial charge in [0, 0.05) is 11.6 Å². The van der Waals surface area contributed by atoms with Crippen LogP contribution in [0.3, 0.4) is 0 Å². The van der Waals surface area contributed by atoms with Crippen molar-refractivity contribution < 1.29 is 17.3 Å². The molecule has 0 unspecified atom stereocenters. The summed E-state index contributed by atoms with van der Waals surface area (Å²) in [6.45, 7) is 5.42. The third-order valence-corrected chi connectivity index (χ3v) is 4.69. The first-order valence-corrected chi connectivity index (χ1v) is 7.93. The Morgan fingerprint density at radius 1 is 1.19 bits per heavy atom. The third-order valence-electron chi connectivity index (χ3n) is 3.12. The Morgan fingerprint density at radius 3 is 2.38 bits per heavy atom. The van der Waals surface area contributed by atoms with Crippen molar-refractivity contribution >= 4 is 10.1 Å². The minimum atomic E-state index is -3.80. The molecule has 2 aromatic rings. The van der Waals surface area contributed by atoms with Crippen molar-refractivity contribution in [2.75, 3.05) is 5.84 Å². The minimum absolute atomic E-state index is 0.0485. The van der Waals surface area contributed by atoms with Crippen molar-refractivity contribution in [1.82, 2.24) is 0 Å². The van der Waals surface area contributed by atoms with Crippen LogP contribution in [0.5, 0.6) is 0 Å². The summed E-state index contributed by atoms with van der Waals surface area (Å²) in [5.41, 5.74) is 3.09. The molecule has 0 atom stereocenters. The second kappa shape index (κ2) is 5.83. The normalized spacial score (nSPS) is 11.6. The maximum Gasteiger partial charge on any atom is 0.297 e. The Bertz CT molecular complexity index is 747. The van der Waals surface area contributed by atoms with Crippen LogP contribution in [0.25, 0.3) is 0 Å². The molecule has 1 aromatic carbocycles. The van der Waals surface area contributed by atoms with Gasteiger partial charge in [-0.3, -0.25) is 4.18 Å². The lowest BCUT2D eigenvalue weighted by atomic mass is 10.1. The predicted molar refractivity (Wildman–Crippen MR) is 79.4 cm³/mol. The summed E-state index contributed by atoms with van der Waals surface area (Å²) in [5.74, 6) is 5.59. The largest absolute Gasteiger partial charge is 0.297 e. The molecule has 0 aliphatic rings. The van der Waals surface area contributed by atoms with Crippen LogP contribution in [0.4, 0.5) is 0 Å². The van der Waals surface area contributed by atoms with Gasteiger partial charge in [-0.15, -0.1) is 0 Å². The van der Waals surface area contributed by atoms with E-state index in [1.54, 1.807) is 38.4 Å². The lowest BCUT2D eigenvalue weighted by Gasteiger charge is -2.12. The Labute approximate surface area is 125 Å². The van der Waals surface area contributed by atoms with Crippen molar-refractivity contribution in [2.45, 2.75) is 32.3 Å². The molecule has 0 bridgehead atoms. The fourth-order valence-electron chi connectivity index (χ4n) is 2.39. The lowest BCUT2D eigenvalue weighted by molar-refractivity contribution is -0.639. The number of aryl methyl sites for hydroxylation is 3. The minimum Gasteiger partial charge on any atom is -0.261 e. The molecule has 112 valence electrons. The Balaban J connectivity index is 2.27. The Hall–Kier alpha value is -1.92. The van der Waals surface area contributed by atoms with Crippen molar-refractivity contribution in [2.24, 2.45) is 0 Å². The zero-order valence-corrected chi connectivity index (χ0v) is 13.1. The van der Waals surface area contributed by atoms with Gasteiger partial charge in [0.25, 0.3) is 10.1 Å². The highest BCUT2D eigenvalue weighted by molar-refractivity contribution is 7.86. The number of pyridine rings is 1. The lowest BCUT2D eigenvalue weighted by Crippen LogP contribution is -2.43. The summed E-state index contributed by atoms with van der Waals surface area (Å²) in [6, 6.07) is 7.15. The molecule has 2 N–H and O–H groups in total. The van der Waals surface area contributed by atoms with Crippen LogP contribution >= 0.6 is 0 Å². The summed E-state index contributed by atoms with van der Waals surface area (Å²) in [7, 11) is -3.80. The zero-order chi connectivity index (χ0) is 15.6. The SMILES string of the molecule is Cc1cc(C)c(S(=O)(=O)OCc2ccc[n+](N)c2)c(C)c1. The molecular weight excluding hydrogens is 288 g/mol. The van der Waals surface area contributed by atoms with Crippen LogP contribution in [0, 0.1) is 20.8 Å². The van der Waals surface area contributed by atoms with Crippen LogP contribution in [0.2, 0.25) is 0 Å². The van der Waals surface area contributed by atoms with E-state index >= 15 is 0 Å². The molecular formula is C15H19N2O3S+. The molecule has 5 nitrogen and oxygen atoms in total. The van der Waals surface area contributed by atoms with Crippen LogP contribution in [0.1, 0.15) is 22.3 Å². The Kier molecular flexibility index (Phi) is 4.29. The number of nitrogens with two attached hydrogens (primary N) is 1. The first-order valence-electron chi connectivity index (χ1n) is 6.52. The molecule has 1 heterocycles. The van der Waals surface area contributed by atoms with Crippen LogP contribution in [-0.4, -0.2) is 8.42 Å². The van der Waals surface area contributed by atoms with Crippen molar-refractivity contribution in [3.8, 4) is 0 Å². The molecule has 0 aliphatic carbocycles. The summed E-state index contributed by atoms with van der Waals surface area (Å²) >= 11 is 0. The fraction of sp³-hybridized carbons (Fsp3) is 0.267. The van der Waals surface area contributed by atoms with Gasteiger partial charge in [-0.2, -0.15) is 8.42 Å². The second-order valence-corrected chi connectivity index (χ2v) is 6.66. The number of rotatable bonds is 4. The van der Waals surface area contributed by atoms with Gasteiger partial charge < -0.3 is 0 Å². The van der Waals surface area contributed by atoms with Gasteiger partial charge in [-0.25, -0.2) is 5.84 Å². The highest BCUT2D eigenvalue weighted by Crippen LogP contribution is 2.24. The van der Waals surface area contributed by atoms with Gasteiger partial charge in [0.2, 0.25) is 6.20 Å². The molecule has 0 radical (unpaired) electrons. The second-order valence-electron chi connectivity index (χ2n) is 5.10. The van der Waals surface area contributed by atoms with Crippen molar-refractivity contribution in [1.29, 1.82) is 0 Å². The van der Waals surface area contributed by atoms with E-state index in [-0.39, 0.29) is 11.5 Å². The van der Waals surface area contributed by atoms with E-state index in [9.17, 15) is 8.42 Å². The fourth-order valence-corrected chi connectivity index (χ4v) is 3.71. The monoisotopic (exact) mass is 307 g/mol. The van der Waals surface area contributed by atoms with Crippen molar-refractivity contribution in [3.63, 3.8) is 0 Å². The average molecular weight is 307 g/mol. The standard InChI is InChI=1S/C15H19N2O3S/c1-11-7-12(2)15(13(3)8-11)21(18,19)20-10-14-5-4-6-17(16)9-14/h4-9H,10,16H2,1-3H3/q+1. The average Bonchev–Trinajstić information content (AvgIpc) is 2.35. The van der Waals surface area contributed by atoms with Crippen LogP contribution in [-0.2, 0) is 20.9 Å². The molecule has 0 aliphatic heterocycles. The molecule has 0 spiro atoms. The number of hydrogen-bond donors (Lipinski definition) is 1. The molecule has 0 fully saturated rings. The summed E-state index contributed by atoms with van der Waals surface area (Å²) in [5, 5.41) is 0. The smallest absolute Gasteiger partial charge is 0.261 e. The first kappa shape index (κ1) is 15.5.